The molecule has 6 unspecified atom stereocenters. The zero-order chi connectivity index (χ0) is 37.7. The van der Waals surface area contributed by atoms with Crippen molar-refractivity contribution in [1.82, 2.24) is 0 Å². The van der Waals surface area contributed by atoms with Gasteiger partial charge in [-0.2, -0.15) is 0 Å². The third-order valence-corrected chi connectivity index (χ3v) is 10.6. The maximum atomic E-state index is 13.7. The number of hydrogen-bond acceptors (Lipinski definition) is 9. The van der Waals surface area contributed by atoms with Crippen LogP contribution in [0.15, 0.2) is 84.0 Å². The standard InChI is InChI=1S/C40H50O9.C2H6/c1-24(2)38(6)20-26(4)36-31(27(5)48-40(44,49-38)22-28-12-10-9-11-13-28)17-30(21-39(43)32(36)16-25(3)37(39)42)23-47-35(41)19-29-14-15-33(45-7)34(18-29)46-8;1-2/h9-18,26-27,31-32,36,43-44H,1,19-23H2,2-8H3;1-2H3/t26-,27?,31?,32?,36?,38?,39?,40-;/m1./s1. The molecular weight excluding hydrogens is 648 g/mol. The monoisotopic (exact) mass is 704 g/mol. The van der Waals surface area contributed by atoms with Gasteiger partial charge >= 0.3 is 5.97 Å². The summed E-state index contributed by atoms with van der Waals surface area (Å²) in [6, 6.07) is 14.7. The normalized spacial score (nSPS) is 31.8. The summed E-state index contributed by atoms with van der Waals surface area (Å²) in [6.07, 6.45) is 3.76. The van der Waals surface area contributed by atoms with Crippen molar-refractivity contribution in [2.24, 2.45) is 23.7 Å². The lowest BCUT2D eigenvalue weighted by Crippen LogP contribution is -2.49. The largest absolute Gasteiger partial charge is 0.493 e. The van der Waals surface area contributed by atoms with Gasteiger partial charge in [-0.05, 0) is 85.9 Å². The highest BCUT2D eigenvalue weighted by Crippen LogP contribution is 2.52. The Morgan fingerprint density at radius 2 is 1.67 bits per heavy atom. The quantitative estimate of drug-likeness (QED) is 0.211. The number of esters is 1. The van der Waals surface area contributed by atoms with Crippen molar-refractivity contribution in [2.45, 2.75) is 97.4 Å². The van der Waals surface area contributed by atoms with Crippen molar-refractivity contribution in [3.8, 4) is 11.5 Å². The number of aliphatic hydroxyl groups is 2. The van der Waals surface area contributed by atoms with Crippen molar-refractivity contribution in [2.75, 3.05) is 20.8 Å². The molecule has 278 valence electrons. The molecule has 51 heavy (non-hydrogen) atoms. The van der Waals surface area contributed by atoms with E-state index in [4.69, 9.17) is 23.7 Å². The van der Waals surface area contributed by atoms with Crippen molar-refractivity contribution in [3.63, 3.8) is 0 Å². The summed E-state index contributed by atoms with van der Waals surface area (Å²) in [5.74, 6) is -3.10. The number of fused-ring (bicyclic) bond motifs is 3. The number of ketones is 1. The number of ether oxygens (including phenoxy) is 5. The van der Waals surface area contributed by atoms with Gasteiger partial charge in [0.2, 0.25) is 0 Å². The van der Waals surface area contributed by atoms with E-state index in [0.29, 0.717) is 34.6 Å². The fraction of sp³-hybridized carbons (Fsp3) is 0.524. The van der Waals surface area contributed by atoms with E-state index in [1.807, 2.05) is 77.1 Å². The molecule has 5 rings (SSSR count). The zero-order valence-electron chi connectivity index (χ0n) is 31.7. The van der Waals surface area contributed by atoms with Crippen LogP contribution in [0.5, 0.6) is 11.5 Å². The topological polar surface area (TPSA) is 121 Å². The lowest BCUT2D eigenvalue weighted by molar-refractivity contribution is -0.399. The second-order valence-corrected chi connectivity index (χ2v) is 14.3. The van der Waals surface area contributed by atoms with Crippen molar-refractivity contribution >= 4 is 11.8 Å². The molecule has 0 saturated carbocycles. The third-order valence-electron chi connectivity index (χ3n) is 10.6. The van der Waals surface area contributed by atoms with E-state index in [2.05, 4.69) is 13.5 Å². The molecule has 0 bridgehead atoms. The Morgan fingerprint density at radius 3 is 2.29 bits per heavy atom. The van der Waals surface area contributed by atoms with Gasteiger partial charge in [0.15, 0.2) is 17.3 Å². The Bertz CT molecular complexity index is 1630. The second kappa shape index (κ2) is 16.3. The van der Waals surface area contributed by atoms with Gasteiger partial charge in [0.05, 0.1) is 38.8 Å². The highest BCUT2D eigenvalue weighted by atomic mass is 16.8. The number of carbonyl (C=O) groups excluding carboxylic acids is 2. The Morgan fingerprint density at radius 1 is 1.00 bits per heavy atom. The van der Waals surface area contributed by atoms with Gasteiger partial charge in [-0.3, -0.25) is 9.59 Å². The number of rotatable bonds is 9. The van der Waals surface area contributed by atoms with Crippen LogP contribution in [0.25, 0.3) is 0 Å². The zero-order valence-corrected chi connectivity index (χ0v) is 31.7. The number of benzene rings is 2. The number of Topliss-reactive ketones (excluding diaryl/α,β-unsaturated/α-hetero) is 1. The van der Waals surface area contributed by atoms with Crippen LogP contribution in [0.1, 0.15) is 72.4 Å². The lowest BCUT2D eigenvalue weighted by Gasteiger charge is -2.41. The molecule has 9 heteroatoms. The summed E-state index contributed by atoms with van der Waals surface area (Å²) in [7, 11) is 3.07. The summed E-state index contributed by atoms with van der Waals surface area (Å²) in [6.45, 7) is 17.6. The maximum Gasteiger partial charge on any atom is 0.310 e. The van der Waals surface area contributed by atoms with Crippen LogP contribution in [0.2, 0.25) is 0 Å². The SMILES string of the molecule is C=C(C)C1(C)C[C@@H](C)C2C(C=C(COC(=O)Cc3ccc(OC)c(OC)c3)CC3(O)C(=O)C(C)=CC23)C(C)O[C@](O)(Cc2ccccc2)O1.CC. The van der Waals surface area contributed by atoms with E-state index in [-0.39, 0.29) is 49.4 Å². The van der Waals surface area contributed by atoms with Crippen LogP contribution in [-0.2, 0) is 36.6 Å². The van der Waals surface area contributed by atoms with Crippen molar-refractivity contribution in [3.05, 3.63) is 95.1 Å². The van der Waals surface area contributed by atoms with E-state index in [1.165, 1.54) is 7.11 Å². The summed E-state index contributed by atoms with van der Waals surface area (Å²) in [5, 5.41) is 24.4. The maximum absolute atomic E-state index is 13.7. The molecule has 2 aromatic rings. The molecule has 1 saturated heterocycles. The molecule has 3 aliphatic rings. The smallest absolute Gasteiger partial charge is 0.310 e. The molecule has 2 aliphatic carbocycles. The lowest BCUT2D eigenvalue weighted by atomic mass is 9.65. The van der Waals surface area contributed by atoms with E-state index < -0.39 is 35.2 Å². The Labute approximate surface area is 303 Å². The van der Waals surface area contributed by atoms with Crippen LogP contribution < -0.4 is 9.47 Å². The highest BCUT2D eigenvalue weighted by Gasteiger charge is 2.57. The van der Waals surface area contributed by atoms with Crippen LogP contribution in [0.3, 0.4) is 0 Å². The molecule has 1 aliphatic heterocycles. The van der Waals surface area contributed by atoms with Crippen LogP contribution in [0.4, 0.5) is 0 Å². The van der Waals surface area contributed by atoms with E-state index >= 15 is 0 Å². The first kappa shape index (κ1) is 40.0. The predicted molar refractivity (Wildman–Crippen MR) is 196 cm³/mol. The Kier molecular flexibility index (Phi) is 12.8. The summed E-state index contributed by atoms with van der Waals surface area (Å²) in [5.41, 5.74) is 0.623. The fourth-order valence-corrected chi connectivity index (χ4v) is 8.02. The summed E-state index contributed by atoms with van der Waals surface area (Å²) >= 11 is 0. The summed E-state index contributed by atoms with van der Waals surface area (Å²) < 4.78 is 29.5. The molecule has 9 nitrogen and oxygen atoms in total. The van der Waals surface area contributed by atoms with E-state index in [9.17, 15) is 19.8 Å². The Hall–Kier alpha value is -3.76. The molecule has 2 aromatic carbocycles. The molecule has 8 atom stereocenters. The van der Waals surface area contributed by atoms with Crippen molar-refractivity contribution in [1.29, 1.82) is 0 Å². The van der Waals surface area contributed by atoms with E-state index in [0.717, 1.165) is 11.1 Å². The predicted octanol–water partition coefficient (Wildman–Crippen LogP) is 6.94. The van der Waals surface area contributed by atoms with Gasteiger partial charge in [0.25, 0.3) is 5.97 Å². The first-order valence-electron chi connectivity index (χ1n) is 17.9. The van der Waals surface area contributed by atoms with Gasteiger partial charge in [-0.15, -0.1) is 0 Å². The molecule has 1 heterocycles. The van der Waals surface area contributed by atoms with Gasteiger partial charge in [0, 0.05) is 18.3 Å². The van der Waals surface area contributed by atoms with Crippen LogP contribution in [0, 0.1) is 23.7 Å². The minimum Gasteiger partial charge on any atom is -0.493 e. The van der Waals surface area contributed by atoms with Gasteiger partial charge in [-0.1, -0.05) is 75.9 Å². The molecular formula is C42H56O9. The molecule has 0 aromatic heterocycles. The fourth-order valence-electron chi connectivity index (χ4n) is 8.02. The van der Waals surface area contributed by atoms with Gasteiger partial charge in [0.1, 0.15) is 12.2 Å². The molecule has 1 fully saturated rings. The van der Waals surface area contributed by atoms with Crippen molar-refractivity contribution < 1.29 is 43.5 Å². The average Bonchev–Trinajstić information content (AvgIpc) is 3.22. The van der Waals surface area contributed by atoms with Gasteiger partial charge < -0.3 is 33.9 Å². The number of methoxy groups -OCH3 is 2. The second-order valence-electron chi connectivity index (χ2n) is 14.3. The molecule has 2 N–H and O–H groups in total. The van der Waals surface area contributed by atoms with Crippen LogP contribution >= 0.6 is 0 Å². The minimum atomic E-state index is -2.01. The first-order valence-corrected chi connectivity index (χ1v) is 17.9. The average molecular weight is 705 g/mol. The van der Waals surface area contributed by atoms with Crippen LogP contribution in [-0.4, -0.2) is 66.1 Å². The highest BCUT2D eigenvalue weighted by molar-refractivity contribution is 6.04. The number of carbonyl (C=O) groups is 2. The Balaban J connectivity index is 0.00000286. The van der Waals surface area contributed by atoms with E-state index in [1.54, 1.807) is 32.2 Å². The summed E-state index contributed by atoms with van der Waals surface area (Å²) in [4.78, 5) is 26.8. The van der Waals surface area contributed by atoms with Gasteiger partial charge in [-0.25, -0.2) is 0 Å². The molecule has 0 spiro atoms. The number of hydrogen-bond donors (Lipinski definition) is 2. The minimum absolute atomic E-state index is 0.00293. The third kappa shape index (κ3) is 8.66. The molecule has 0 radical (unpaired) electrons. The first-order chi connectivity index (χ1) is 24.1. The molecule has 0 amide bonds.